The molecule has 0 aromatic heterocycles. The molecule has 0 atom stereocenters. The summed E-state index contributed by atoms with van der Waals surface area (Å²) < 4.78 is 0. The molecule has 1 heterocycles. The highest BCUT2D eigenvalue weighted by Crippen LogP contribution is 2.20. The zero-order chi connectivity index (χ0) is 18.5. The summed E-state index contributed by atoms with van der Waals surface area (Å²) in [6.45, 7) is 5.54. The third-order valence-electron chi connectivity index (χ3n) is 4.42. The minimum absolute atomic E-state index is 0.134. The monoisotopic (exact) mass is 389 g/mol. The van der Waals surface area contributed by atoms with E-state index in [9.17, 15) is 4.79 Å². The molecule has 3 rings (SSSR count). The lowest BCUT2D eigenvalue weighted by Crippen LogP contribution is -2.45. The molecule has 0 bridgehead atoms. The fraction of sp³-hybridized carbons (Fsp3) is 0.250. The number of rotatable bonds is 4. The Bertz CT molecular complexity index is 780. The van der Waals surface area contributed by atoms with Gasteiger partial charge in [-0.1, -0.05) is 23.2 Å². The Kier molecular flexibility index (Phi) is 6.07. The van der Waals surface area contributed by atoms with Gasteiger partial charge in [-0.15, -0.1) is 0 Å². The van der Waals surface area contributed by atoms with Crippen molar-refractivity contribution in [3.63, 3.8) is 0 Å². The zero-order valence-corrected chi connectivity index (χ0v) is 16.1. The van der Waals surface area contributed by atoms with Crippen LogP contribution in [0.4, 0.5) is 11.4 Å². The lowest BCUT2D eigenvalue weighted by atomic mass is 10.2. The zero-order valence-electron chi connectivity index (χ0n) is 14.6. The van der Waals surface area contributed by atoms with Gasteiger partial charge in [0.25, 0.3) is 0 Å². The number of hydrogen-bond donors (Lipinski definition) is 1. The normalized spacial score (nSPS) is 15.1. The summed E-state index contributed by atoms with van der Waals surface area (Å²) in [5, 5.41) is 4.25. The molecule has 136 valence electrons. The van der Waals surface area contributed by atoms with Crippen LogP contribution >= 0.6 is 23.2 Å². The van der Waals surface area contributed by atoms with Crippen LogP contribution in [0.3, 0.4) is 0 Å². The number of hydrogen-bond acceptors (Lipinski definition) is 3. The number of nitrogens with one attached hydrogen (secondary N) is 1. The summed E-state index contributed by atoms with van der Waals surface area (Å²) in [4.78, 5) is 16.8. The number of nitrogens with zero attached hydrogens (tertiary/aromatic N) is 2. The van der Waals surface area contributed by atoms with E-state index in [1.54, 1.807) is 30.3 Å². The van der Waals surface area contributed by atoms with Crippen LogP contribution in [-0.4, -0.2) is 37.0 Å². The summed E-state index contributed by atoms with van der Waals surface area (Å²) in [5.74, 6) is -0.134. The molecule has 0 unspecified atom stereocenters. The summed E-state index contributed by atoms with van der Waals surface area (Å²) in [5.41, 5.74) is 2.87. The van der Waals surface area contributed by atoms with E-state index in [1.165, 1.54) is 5.69 Å². The van der Waals surface area contributed by atoms with Crippen molar-refractivity contribution >= 4 is 40.5 Å². The molecule has 0 radical (unpaired) electrons. The first kappa shape index (κ1) is 18.6. The largest absolute Gasteiger partial charge is 0.371 e. The van der Waals surface area contributed by atoms with E-state index in [0.29, 0.717) is 5.02 Å². The van der Waals surface area contributed by atoms with Gasteiger partial charge in [0.2, 0.25) is 5.91 Å². The van der Waals surface area contributed by atoms with Crippen molar-refractivity contribution in [1.82, 2.24) is 4.90 Å². The highest BCUT2D eigenvalue weighted by molar-refractivity contribution is 6.30. The summed E-state index contributed by atoms with van der Waals surface area (Å²) >= 11 is 11.8. The van der Waals surface area contributed by atoms with Crippen LogP contribution in [-0.2, 0) is 4.79 Å². The van der Waals surface area contributed by atoms with Gasteiger partial charge in [0.1, 0.15) is 0 Å². The van der Waals surface area contributed by atoms with Crippen molar-refractivity contribution in [3.8, 4) is 0 Å². The smallest absolute Gasteiger partial charge is 0.250 e. The number of allylic oxidation sites excluding steroid dienone is 1. The van der Waals surface area contributed by atoms with Crippen LogP contribution in [0.5, 0.6) is 0 Å². The van der Waals surface area contributed by atoms with Crippen molar-refractivity contribution in [2.75, 3.05) is 36.4 Å². The average Bonchev–Trinajstić information content (AvgIpc) is 2.64. The van der Waals surface area contributed by atoms with E-state index in [0.717, 1.165) is 42.6 Å². The SMILES string of the molecule is CC(=CC(=O)Nc1ccc(Cl)cc1)N1CCN(c2ccc(Cl)cc2)CC1. The van der Waals surface area contributed by atoms with Gasteiger partial charge in [0.15, 0.2) is 0 Å². The molecule has 1 aliphatic rings. The Morgan fingerprint density at radius 2 is 1.46 bits per heavy atom. The second-order valence-electron chi connectivity index (χ2n) is 6.23. The maximum atomic E-state index is 12.2. The fourth-order valence-corrected chi connectivity index (χ4v) is 3.21. The standard InChI is InChI=1S/C20H21Cl2N3O/c1-15(14-20(26)23-18-6-2-16(21)3-7-18)24-10-12-25(13-11-24)19-8-4-17(22)5-9-19/h2-9,14H,10-13H2,1H3,(H,23,26). The summed E-state index contributed by atoms with van der Waals surface area (Å²) in [6, 6.07) is 15.0. The first-order chi connectivity index (χ1) is 12.5. The van der Waals surface area contributed by atoms with E-state index < -0.39 is 0 Å². The van der Waals surface area contributed by atoms with Gasteiger partial charge in [-0.25, -0.2) is 0 Å². The van der Waals surface area contributed by atoms with Crippen molar-refractivity contribution in [3.05, 3.63) is 70.3 Å². The van der Waals surface area contributed by atoms with E-state index in [-0.39, 0.29) is 5.91 Å². The Balaban J connectivity index is 1.54. The molecular weight excluding hydrogens is 369 g/mol. The highest BCUT2D eigenvalue weighted by Gasteiger charge is 2.17. The number of halogens is 2. The van der Waals surface area contributed by atoms with Crippen LogP contribution in [0.15, 0.2) is 60.3 Å². The Morgan fingerprint density at radius 3 is 2.04 bits per heavy atom. The summed E-state index contributed by atoms with van der Waals surface area (Å²) in [7, 11) is 0. The molecule has 0 spiro atoms. The molecule has 2 aromatic carbocycles. The maximum Gasteiger partial charge on any atom is 0.250 e. The quantitative estimate of drug-likeness (QED) is 0.772. The molecule has 6 heteroatoms. The van der Waals surface area contributed by atoms with Crippen LogP contribution in [0.1, 0.15) is 6.92 Å². The Labute approximate surface area is 164 Å². The highest BCUT2D eigenvalue weighted by atomic mass is 35.5. The maximum absolute atomic E-state index is 12.2. The summed E-state index contributed by atoms with van der Waals surface area (Å²) in [6.07, 6.45) is 1.65. The van der Waals surface area contributed by atoms with E-state index >= 15 is 0 Å². The van der Waals surface area contributed by atoms with Gasteiger partial charge in [-0.3, -0.25) is 4.79 Å². The molecule has 1 saturated heterocycles. The topological polar surface area (TPSA) is 35.6 Å². The van der Waals surface area contributed by atoms with Gasteiger partial charge in [0.05, 0.1) is 0 Å². The predicted molar refractivity (Wildman–Crippen MR) is 109 cm³/mol. The van der Waals surface area contributed by atoms with Gasteiger partial charge in [-0.2, -0.15) is 0 Å². The van der Waals surface area contributed by atoms with Crippen LogP contribution < -0.4 is 10.2 Å². The minimum Gasteiger partial charge on any atom is -0.371 e. The molecule has 1 N–H and O–H groups in total. The first-order valence-electron chi connectivity index (χ1n) is 8.51. The fourth-order valence-electron chi connectivity index (χ4n) is 2.96. The van der Waals surface area contributed by atoms with Crippen LogP contribution in [0.2, 0.25) is 10.0 Å². The van der Waals surface area contributed by atoms with Gasteiger partial charge in [0, 0.05) is 59.4 Å². The second-order valence-corrected chi connectivity index (χ2v) is 7.11. The third-order valence-corrected chi connectivity index (χ3v) is 4.93. The third kappa shape index (κ3) is 4.93. The van der Waals surface area contributed by atoms with Gasteiger partial charge < -0.3 is 15.1 Å². The van der Waals surface area contributed by atoms with Crippen molar-refractivity contribution in [2.24, 2.45) is 0 Å². The number of carbonyl (C=O) groups is 1. The molecule has 0 saturated carbocycles. The van der Waals surface area contributed by atoms with Crippen molar-refractivity contribution < 1.29 is 4.79 Å². The van der Waals surface area contributed by atoms with Gasteiger partial charge in [-0.05, 0) is 55.5 Å². The number of carbonyl (C=O) groups excluding carboxylic acids is 1. The lowest BCUT2D eigenvalue weighted by Gasteiger charge is -2.37. The van der Waals surface area contributed by atoms with Crippen LogP contribution in [0, 0.1) is 0 Å². The molecule has 1 fully saturated rings. The van der Waals surface area contributed by atoms with Gasteiger partial charge >= 0.3 is 0 Å². The van der Waals surface area contributed by atoms with E-state index in [1.807, 2.05) is 31.2 Å². The molecule has 0 aliphatic carbocycles. The first-order valence-corrected chi connectivity index (χ1v) is 9.27. The number of amides is 1. The molecule has 26 heavy (non-hydrogen) atoms. The van der Waals surface area contributed by atoms with Crippen molar-refractivity contribution in [1.29, 1.82) is 0 Å². The van der Waals surface area contributed by atoms with Crippen LogP contribution in [0.25, 0.3) is 0 Å². The van der Waals surface area contributed by atoms with Crippen molar-refractivity contribution in [2.45, 2.75) is 6.92 Å². The molecule has 1 aliphatic heterocycles. The number of piperazine rings is 1. The predicted octanol–water partition coefficient (Wildman–Crippen LogP) is 4.66. The lowest BCUT2D eigenvalue weighted by molar-refractivity contribution is -0.112. The van der Waals surface area contributed by atoms with E-state index in [2.05, 4.69) is 15.1 Å². The van der Waals surface area contributed by atoms with E-state index in [4.69, 9.17) is 23.2 Å². The molecular formula is C20H21Cl2N3O. The molecule has 4 nitrogen and oxygen atoms in total. The minimum atomic E-state index is -0.134. The second kappa shape index (κ2) is 8.47. The average molecular weight is 390 g/mol. The molecule has 1 amide bonds. The molecule has 2 aromatic rings. The Hall–Kier alpha value is -2.17. The number of benzene rings is 2. The number of anilines is 2. The Morgan fingerprint density at radius 1 is 0.923 bits per heavy atom.